The molecule has 0 fully saturated rings. The van der Waals surface area contributed by atoms with Crippen LogP contribution in [0.1, 0.15) is 18.3 Å². The molecule has 0 saturated carbocycles. The lowest BCUT2D eigenvalue weighted by Crippen LogP contribution is -2.24. The SMILES string of the molecule is CCOc1ccccc1-n1c(C)cc(C)nc1=O. The monoisotopic (exact) mass is 244 g/mol. The smallest absolute Gasteiger partial charge is 0.352 e. The Labute approximate surface area is 106 Å². The normalized spacial score (nSPS) is 10.4. The van der Waals surface area contributed by atoms with Gasteiger partial charge in [0.25, 0.3) is 0 Å². The maximum atomic E-state index is 12.0. The van der Waals surface area contributed by atoms with Crippen molar-refractivity contribution in [2.24, 2.45) is 0 Å². The van der Waals surface area contributed by atoms with E-state index in [-0.39, 0.29) is 5.69 Å². The van der Waals surface area contributed by atoms with Crippen LogP contribution in [0.5, 0.6) is 5.75 Å². The maximum absolute atomic E-state index is 12.0. The molecule has 1 aromatic heterocycles. The first kappa shape index (κ1) is 12.4. The number of para-hydroxylation sites is 2. The van der Waals surface area contributed by atoms with Crippen LogP contribution in [0.2, 0.25) is 0 Å². The zero-order valence-electron chi connectivity index (χ0n) is 10.8. The van der Waals surface area contributed by atoms with Gasteiger partial charge in [-0.2, -0.15) is 4.98 Å². The first-order chi connectivity index (χ1) is 8.63. The highest BCUT2D eigenvalue weighted by Crippen LogP contribution is 2.22. The molecule has 0 radical (unpaired) electrons. The highest BCUT2D eigenvalue weighted by molar-refractivity contribution is 5.47. The van der Waals surface area contributed by atoms with E-state index in [1.54, 1.807) is 4.57 Å². The second-order valence-electron chi connectivity index (χ2n) is 4.06. The molecule has 0 amide bonds. The summed E-state index contributed by atoms with van der Waals surface area (Å²) < 4.78 is 7.11. The molecule has 0 N–H and O–H groups in total. The summed E-state index contributed by atoms with van der Waals surface area (Å²) >= 11 is 0. The summed E-state index contributed by atoms with van der Waals surface area (Å²) in [6.45, 7) is 6.18. The van der Waals surface area contributed by atoms with Crippen LogP contribution in [0.3, 0.4) is 0 Å². The molecule has 0 aliphatic carbocycles. The van der Waals surface area contributed by atoms with Crippen LogP contribution >= 0.6 is 0 Å². The fourth-order valence-electron chi connectivity index (χ4n) is 1.96. The minimum Gasteiger partial charge on any atom is -0.492 e. The van der Waals surface area contributed by atoms with Crippen molar-refractivity contribution in [3.8, 4) is 11.4 Å². The Hall–Kier alpha value is -2.10. The first-order valence-electron chi connectivity index (χ1n) is 5.93. The van der Waals surface area contributed by atoms with Gasteiger partial charge >= 0.3 is 5.69 Å². The van der Waals surface area contributed by atoms with Gasteiger partial charge in [0.15, 0.2) is 0 Å². The van der Waals surface area contributed by atoms with Crippen LogP contribution in [-0.4, -0.2) is 16.2 Å². The molecule has 2 aromatic rings. The molecule has 1 heterocycles. The number of aryl methyl sites for hydroxylation is 2. The van der Waals surface area contributed by atoms with E-state index >= 15 is 0 Å². The molecule has 0 aliphatic rings. The van der Waals surface area contributed by atoms with Gasteiger partial charge < -0.3 is 4.74 Å². The van der Waals surface area contributed by atoms with Crippen molar-refractivity contribution in [1.82, 2.24) is 9.55 Å². The van der Waals surface area contributed by atoms with Crippen molar-refractivity contribution >= 4 is 0 Å². The van der Waals surface area contributed by atoms with Gasteiger partial charge in [-0.1, -0.05) is 12.1 Å². The van der Waals surface area contributed by atoms with Crippen molar-refractivity contribution in [3.05, 3.63) is 52.2 Å². The number of hydrogen-bond acceptors (Lipinski definition) is 3. The lowest BCUT2D eigenvalue weighted by Gasteiger charge is -2.14. The van der Waals surface area contributed by atoms with Crippen molar-refractivity contribution in [2.45, 2.75) is 20.8 Å². The zero-order chi connectivity index (χ0) is 13.1. The molecule has 0 saturated heterocycles. The average Bonchev–Trinajstić information content (AvgIpc) is 2.30. The maximum Gasteiger partial charge on any atom is 0.352 e. The van der Waals surface area contributed by atoms with Crippen molar-refractivity contribution in [2.75, 3.05) is 6.61 Å². The molecular weight excluding hydrogens is 228 g/mol. The summed E-state index contributed by atoms with van der Waals surface area (Å²) in [5.74, 6) is 0.691. The lowest BCUT2D eigenvalue weighted by molar-refractivity contribution is 0.338. The van der Waals surface area contributed by atoms with Gasteiger partial charge in [-0.25, -0.2) is 4.79 Å². The second kappa shape index (κ2) is 5.04. The third-order valence-electron chi connectivity index (χ3n) is 2.64. The van der Waals surface area contributed by atoms with E-state index < -0.39 is 0 Å². The third-order valence-corrected chi connectivity index (χ3v) is 2.64. The first-order valence-corrected chi connectivity index (χ1v) is 5.93. The van der Waals surface area contributed by atoms with Gasteiger partial charge in [-0.3, -0.25) is 4.57 Å². The van der Waals surface area contributed by atoms with Crippen molar-refractivity contribution < 1.29 is 4.74 Å². The number of rotatable bonds is 3. The molecule has 0 bridgehead atoms. The van der Waals surface area contributed by atoms with Crippen LogP contribution in [-0.2, 0) is 0 Å². The topological polar surface area (TPSA) is 44.1 Å². The fourth-order valence-corrected chi connectivity index (χ4v) is 1.96. The predicted octanol–water partition coefficient (Wildman–Crippen LogP) is 2.25. The highest BCUT2D eigenvalue weighted by Gasteiger charge is 2.10. The van der Waals surface area contributed by atoms with Crippen LogP contribution < -0.4 is 10.4 Å². The zero-order valence-corrected chi connectivity index (χ0v) is 10.8. The Morgan fingerprint density at radius 1 is 1.28 bits per heavy atom. The fraction of sp³-hybridized carbons (Fsp3) is 0.286. The number of nitrogens with zero attached hydrogens (tertiary/aromatic N) is 2. The molecule has 0 aliphatic heterocycles. The Morgan fingerprint density at radius 2 is 2.00 bits per heavy atom. The number of benzene rings is 1. The van der Waals surface area contributed by atoms with Crippen molar-refractivity contribution in [3.63, 3.8) is 0 Å². The van der Waals surface area contributed by atoms with E-state index in [1.807, 2.05) is 51.1 Å². The Morgan fingerprint density at radius 3 is 2.67 bits per heavy atom. The molecular formula is C14H16N2O2. The summed E-state index contributed by atoms with van der Waals surface area (Å²) in [5, 5.41) is 0. The van der Waals surface area contributed by atoms with Crippen LogP contribution in [0.25, 0.3) is 5.69 Å². The summed E-state index contributed by atoms with van der Waals surface area (Å²) in [6, 6.07) is 9.35. The van der Waals surface area contributed by atoms with E-state index in [0.717, 1.165) is 17.1 Å². The van der Waals surface area contributed by atoms with E-state index in [4.69, 9.17) is 4.74 Å². The summed E-state index contributed by atoms with van der Waals surface area (Å²) in [7, 11) is 0. The molecule has 4 nitrogen and oxygen atoms in total. The number of ether oxygens (including phenoxy) is 1. The molecule has 0 atom stereocenters. The largest absolute Gasteiger partial charge is 0.492 e. The van der Waals surface area contributed by atoms with E-state index in [0.29, 0.717) is 12.4 Å². The molecule has 94 valence electrons. The predicted molar refractivity (Wildman–Crippen MR) is 70.5 cm³/mol. The van der Waals surface area contributed by atoms with Gasteiger partial charge in [0.1, 0.15) is 5.75 Å². The van der Waals surface area contributed by atoms with Gasteiger partial charge in [0.05, 0.1) is 12.3 Å². The van der Waals surface area contributed by atoms with Gasteiger partial charge in [-0.05, 0) is 39.0 Å². The summed E-state index contributed by atoms with van der Waals surface area (Å²) in [6.07, 6.45) is 0. The molecule has 1 aromatic carbocycles. The van der Waals surface area contributed by atoms with Crippen LogP contribution in [0.4, 0.5) is 0 Å². The number of hydrogen-bond donors (Lipinski definition) is 0. The molecule has 4 heteroatoms. The minimum atomic E-state index is -0.278. The van der Waals surface area contributed by atoms with Gasteiger partial charge in [0.2, 0.25) is 0 Å². The van der Waals surface area contributed by atoms with Crippen molar-refractivity contribution in [1.29, 1.82) is 0 Å². The Balaban J connectivity index is 2.66. The molecule has 0 spiro atoms. The summed E-state index contributed by atoms with van der Waals surface area (Å²) in [5.41, 5.74) is 2.02. The van der Waals surface area contributed by atoms with E-state index in [1.165, 1.54) is 0 Å². The molecule has 18 heavy (non-hydrogen) atoms. The van der Waals surface area contributed by atoms with E-state index in [2.05, 4.69) is 4.98 Å². The Kier molecular flexibility index (Phi) is 3.46. The van der Waals surface area contributed by atoms with Crippen LogP contribution in [0, 0.1) is 13.8 Å². The van der Waals surface area contributed by atoms with Gasteiger partial charge in [-0.15, -0.1) is 0 Å². The van der Waals surface area contributed by atoms with Crippen LogP contribution in [0.15, 0.2) is 35.1 Å². The van der Waals surface area contributed by atoms with Gasteiger partial charge in [0, 0.05) is 11.4 Å². The molecule has 0 unspecified atom stereocenters. The average molecular weight is 244 g/mol. The quantitative estimate of drug-likeness (QED) is 0.831. The second-order valence-corrected chi connectivity index (χ2v) is 4.06. The Bertz CT molecular complexity index is 617. The third kappa shape index (κ3) is 2.27. The highest BCUT2D eigenvalue weighted by atomic mass is 16.5. The number of aromatic nitrogens is 2. The van der Waals surface area contributed by atoms with E-state index in [9.17, 15) is 4.79 Å². The standard InChI is InChI=1S/C14H16N2O2/c1-4-18-13-8-6-5-7-12(13)16-11(3)9-10(2)15-14(16)17/h5-9H,4H2,1-3H3. The minimum absolute atomic E-state index is 0.278. The molecule has 2 rings (SSSR count). The summed E-state index contributed by atoms with van der Waals surface area (Å²) in [4.78, 5) is 16.0. The lowest BCUT2D eigenvalue weighted by atomic mass is 10.2.